The summed E-state index contributed by atoms with van der Waals surface area (Å²) in [5.74, 6) is 0.561. The fourth-order valence-electron chi connectivity index (χ4n) is 1.47. The van der Waals surface area contributed by atoms with E-state index >= 15 is 0 Å². The number of methoxy groups -OCH3 is 2. The molecule has 0 aromatic heterocycles. The van der Waals surface area contributed by atoms with E-state index in [-0.39, 0.29) is 25.0 Å². The van der Waals surface area contributed by atoms with Gasteiger partial charge in [-0.3, -0.25) is 9.59 Å². The number of rotatable bonds is 6. The highest BCUT2D eigenvalue weighted by atomic mass is 16.5. The first kappa shape index (κ1) is 15.2. The van der Waals surface area contributed by atoms with Crippen LogP contribution in [0.2, 0.25) is 0 Å². The van der Waals surface area contributed by atoms with Crippen LogP contribution in [0, 0.1) is 17.8 Å². The van der Waals surface area contributed by atoms with Crippen LogP contribution in [0.3, 0.4) is 0 Å². The second-order valence-corrected chi connectivity index (χ2v) is 3.65. The first-order valence-electron chi connectivity index (χ1n) is 5.04. The third-order valence-corrected chi connectivity index (χ3v) is 2.46. The van der Waals surface area contributed by atoms with Crippen LogP contribution in [0.5, 0.6) is 0 Å². The SMILES string of the molecule is C#CCC(CCC(C)=O)(C(=O)OC)C(=O)OC. The normalized spacial score (nSPS) is 10.2. The van der Waals surface area contributed by atoms with Gasteiger partial charge in [-0.15, -0.1) is 12.3 Å². The molecule has 0 spiro atoms. The molecule has 0 saturated heterocycles. The van der Waals surface area contributed by atoms with Gasteiger partial charge in [0.25, 0.3) is 0 Å². The minimum absolute atomic E-state index is 0.00806. The first-order valence-corrected chi connectivity index (χ1v) is 5.04. The molecule has 0 rings (SSSR count). The minimum atomic E-state index is -1.58. The fraction of sp³-hybridized carbons (Fsp3) is 0.583. The van der Waals surface area contributed by atoms with Crippen molar-refractivity contribution in [3.63, 3.8) is 0 Å². The number of carbonyl (C=O) groups is 3. The molecule has 0 heterocycles. The number of ether oxygens (including phenoxy) is 2. The van der Waals surface area contributed by atoms with Crippen LogP contribution in [0.15, 0.2) is 0 Å². The van der Waals surface area contributed by atoms with Gasteiger partial charge in [-0.1, -0.05) is 0 Å². The maximum absolute atomic E-state index is 11.7. The van der Waals surface area contributed by atoms with Crippen molar-refractivity contribution in [1.82, 2.24) is 0 Å². The van der Waals surface area contributed by atoms with E-state index < -0.39 is 17.4 Å². The Kier molecular flexibility index (Phi) is 5.97. The number of ketones is 1. The maximum atomic E-state index is 11.7. The third-order valence-electron chi connectivity index (χ3n) is 2.46. The van der Waals surface area contributed by atoms with Crippen molar-refractivity contribution in [1.29, 1.82) is 0 Å². The van der Waals surface area contributed by atoms with Crippen LogP contribution in [-0.2, 0) is 23.9 Å². The monoisotopic (exact) mass is 240 g/mol. The third kappa shape index (κ3) is 3.59. The van der Waals surface area contributed by atoms with E-state index in [1.54, 1.807) is 0 Å². The smallest absolute Gasteiger partial charge is 0.324 e. The van der Waals surface area contributed by atoms with Gasteiger partial charge in [-0.2, -0.15) is 0 Å². The molecular weight excluding hydrogens is 224 g/mol. The van der Waals surface area contributed by atoms with E-state index in [1.807, 2.05) is 0 Å². The van der Waals surface area contributed by atoms with Gasteiger partial charge in [0, 0.05) is 12.8 Å². The quantitative estimate of drug-likeness (QED) is 0.388. The van der Waals surface area contributed by atoms with Crippen LogP contribution < -0.4 is 0 Å². The number of terminal acetylenes is 1. The minimum Gasteiger partial charge on any atom is -0.468 e. The van der Waals surface area contributed by atoms with E-state index in [2.05, 4.69) is 15.4 Å². The molecule has 5 heteroatoms. The van der Waals surface area contributed by atoms with E-state index in [0.717, 1.165) is 14.2 Å². The zero-order chi connectivity index (χ0) is 13.5. The summed E-state index contributed by atoms with van der Waals surface area (Å²) >= 11 is 0. The summed E-state index contributed by atoms with van der Waals surface area (Å²) in [6.45, 7) is 1.37. The largest absolute Gasteiger partial charge is 0.468 e. The van der Waals surface area contributed by atoms with Gasteiger partial charge in [-0.05, 0) is 13.3 Å². The molecular formula is C12H16O5. The Balaban J connectivity index is 5.24. The second-order valence-electron chi connectivity index (χ2n) is 3.65. The van der Waals surface area contributed by atoms with Gasteiger partial charge >= 0.3 is 11.9 Å². The lowest BCUT2D eigenvalue weighted by Crippen LogP contribution is -2.41. The van der Waals surface area contributed by atoms with E-state index in [4.69, 9.17) is 6.42 Å². The summed E-state index contributed by atoms with van der Waals surface area (Å²) in [6.07, 6.45) is 5.06. The highest BCUT2D eigenvalue weighted by Gasteiger charge is 2.47. The van der Waals surface area contributed by atoms with Gasteiger partial charge in [-0.25, -0.2) is 0 Å². The number of hydrogen-bond donors (Lipinski definition) is 0. The van der Waals surface area contributed by atoms with Crippen LogP contribution in [0.4, 0.5) is 0 Å². The molecule has 17 heavy (non-hydrogen) atoms. The van der Waals surface area contributed by atoms with E-state index in [1.165, 1.54) is 6.92 Å². The van der Waals surface area contributed by atoms with Crippen molar-refractivity contribution < 1.29 is 23.9 Å². The van der Waals surface area contributed by atoms with E-state index in [0.29, 0.717) is 0 Å². The van der Waals surface area contributed by atoms with Gasteiger partial charge < -0.3 is 14.3 Å². The van der Waals surface area contributed by atoms with Crippen molar-refractivity contribution in [2.45, 2.75) is 26.2 Å². The molecule has 0 amide bonds. The molecule has 5 nitrogen and oxygen atoms in total. The molecule has 0 aliphatic rings. The van der Waals surface area contributed by atoms with Crippen LogP contribution in [0.25, 0.3) is 0 Å². The van der Waals surface area contributed by atoms with Crippen LogP contribution >= 0.6 is 0 Å². The summed E-state index contributed by atoms with van der Waals surface area (Å²) in [6, 6.07) is 0. The Morgan fingerprint density at radius 2 is 1.65 bits per heavy atom. The molecule has 0 aromatic carbocycles. The highest BCUT2D eigenvalue weighted by molar-refractivity contribution is 6.00. The van der Waals surface area contributed by atoms with Crippen molar-refractivity contribution in [3.8, 4) is 12.3 Å². The van der Waals surface area contributed by atoms with Crippen molar-refractivity contribution >= 4 is 17.7 Å². The van der Waals surface area contributed by atoms with Crippen molar-refractivity contribution in [2.24, 2.45) is 5.41 Å². The summed E-state index contributed by atoms with van der Waals surface area (Å²) in [7, 11) is 2.31. The van der Waals surface area contributed by atoms with Gasteiger partial charge in [0.1, 0.15) is 5.78 Å². The lowest BCUT2D eigenvalue weighted by Gasteiger charge is -2.25. The number of carbonyl (C=O) groups excluding carboxylic acids is 3. The van der Waals surface area contributed by atoms with Crippen LogP contribution in [0.1, 0.15) is 26.2 Å². The lowest BCUT2D eigenvalue weighted by molar-refractivity contribution is -0.169. The Morgan fingerprint density at radius 1 is 1.18 bits per heavy atom. The summed E-state index contributed by atoms with van der Waals surface area (Å²) in [5.41, 5.74) is -1.58. The zero-order valence-corrected chi connectivity index (χ0v) is 10.2. The molecule has 0 aliphatic heterocycles. The average Bonchev–Trinajstić information content (AvgIpc) is 2.32. The first-order chi connectivity index (χ1) is 7.94. The Hall–Kier alpha value is -1.83. The fourth-order valence-corrected chi connectivity index (χ4v) is 1.47. The lowest BCUT2D eigenvalue weighted by atomic mass is 9.79. The van der Waals surface area contributed by atoms with Crippen molar-refractivity contribution in [2.75, 3.05) is 14.2 Å². The number of hydrogen-bond acceptors (Lipinski definition) is 5. The molecule has 0 N–H and O–H groups in total. The van der Waals surface area contributed by atoms with Crippen molar-refractivity contribution in [3.05, 3.63) is 0 Å². The second kappa shape index (κ2) is 6.69. The Morgan fingerprint density at radius 3 is 1.94 bits per heavy atom. The number of esters is 2. The molecule has 0 radical (unpaired) electrons. The molecule has 0 aliphatic carbocycles. The summed E-state index contributed by atoms with van der Waals surface area (Å²) < 4.78 is 9.15. The average molecular weight is 240 g/mol. The Bertz CT molecular complexity index is 334. The summed E-state index contributed by atoms with van der Waals surface area (Å²) in [4.78, 5) is 34.4. The highest BCUT2D eigenvalue weighted by Crippen LogP contribution is 2.31. The van der Waals surface area contributed by atoms with Crippen LogP contribution in [-0.4, -0.2) is 31.9 Å². The topological polar surface area (TPSA) is 69.7 Å². The van der Waals surface area contributed by atoms with Gasteiger partial charge in [0.2, 0.25) is 0 Å². The molecule has 0 saturated carbocycles. The molecule has 0 bridgehead atoms. The van der Waals surface area contributed by atoms with E-state index in [9.17, 15) is 14.4 Å². The molecule has 94 valence electrons. The number of Topliss-reactive ketones (excluding diaryl/α,β-unsaturated/α-hetero) is 1. The molecule has 0 unspecified atom stereocenters. The van der Waals surface area contributed by atoms with Gasteiger partial charge in [0.05, 0.1) is 14.2 Å². The van der Waals surface area contributed by atoms with Gasteiger partial charge in [0.15, 0.2) is 5.41 Å². The molecule has 0 fully saturated rings. The molecule has 0 aromatic rings. The molecule has 0 atom stereocenters. The predicted molar refractivity (Wildman–Crippen MR) is 59.8 cm³/mol. The predicted octanol–water partition coefficient (Wildman–Crippen LogP) is 0.711. The standard InChI is InChI=1S/C12H16O5/c1-5-7-12(10(14)16-3,11(15)17-4)8-6-9(2)13/h1H,6-8H2,2-4H3. The maximum Gasteiger partial charge on any atom is 0.324 e. The summed E-state index contributed by atoms with van der Waals surface area (Å²) in [5, 5.41) is 0. The Labute approximate surface area is 100 Å². The zero-order valence-electron chi connectivity index (χ0n) is 10.2.